The van der Waals surface area contributed by atoms with E-state index in [-0.39, 0.29) is 37.0 Å². The van der Waals surface area contributed by atoms with Crippen molar-refractivity contribution in [2.24, 2.45) is 12.8 Å². The third-order valence-electron chi connectivity index (χ3n) is 7.23. The molecule has 13 nitrogen and oxygen atoms in total. The Morgan fingerprint density at radius 3 is 2.67 bits per heavy atom. The first-order chi connectivity index (χ1) is 19.2. The van der Waals surface area contributed by atoms with E-state index < -0.39 is 6.16 Å². The summed E-state index contributed by atoms with van der Waals surface area (Å²) in [5, 5.41) is 17.0. The number of nitrogens with one attached hydrogen (secondary N) is 2. The number of hydrogen-bond acceptors (Lipinski definition) is 10. The summed E-state index contributed by atoms with van der Waals surface area (Å²) in [7, 11) is 3.45. The summed E-state index contributed by atoms with van der Waals surface area (Å²) in [4.78, 5) is 24.2. The van der Waals surface area contributed by atoms with E-state index in [0.717, 1.165) is 54.1 Å². The van der Waals surface area contributed by atoms with Gasteiger partial charge in [-0.1, -0.05) is 13.0 Å². The van der Waals surface area contributed by atoms with Gasteiger partial charge in [-0.25, -0.2) is 14.3 Å². The predicted octanol–water partition coefficient (Wildman–Crippen LogP) is 2.14. The van der Waals surface area contributed by atoms with Gasteiger partial charge in [0.15, 0.2) is 12.5 Å². The van der Waals surface area contributed by atoms with Crippen molar-refractivity contribution < 1.29 is 28.5 Å². The highest BCUT2D eigenvalue weighted by Crippen LogP contribution is 2.38. The first kappa shape index (κ1) is 29.2. The molecular formula is C27H41N7O6. The average Bonchev–Trinajstić information content (AvgIpc) is 3.21. The van der Waals surface area contributed by atoms with Gasteiger partial charge in [0.25, 0.3) is 0 Å². The van der Waals surface area contributed by atoms with Crippen LogP contribution in [-0.2, 0) is 39.3 Å². The number of alkyl carbamates (subject to hydrolysis) is 1. The molecule has 0 radical (unpaired) electrons. The van der Waals surface area contributed by atoms with Crippen molar-refractivity contribution in [3.05, 3.63) is 28.0 Å². The van der Waals surface area contributed by atoms with Crippen molar-refractivity contribution in [3.63, 3.8) is 0 Å². The maximum Gasteiger partial charge on any atom is 0.510 e. The van der Waals surface area contributed by atoms with Crippen molar-refractivity contribution in [2.45, 2.75) is 90.2 Å². The molecule has 0 spiro atoms. The smallest absolute Gasteiger partial charge is 0.446 e. The molecule has 2 heterocycles. The standard InChI is InChI=1S/C27H41N7O6/c1-6-8-19-20(15-37-5)31-33(4)23(19)24(28)29-22-14-21(34(32-22)16-39-26(36)38-7-2)17-9-10-18(13-17)40-25(35)30-27(3)11-12-27/h8,14,17-18H,6-7,9-13,15-16,28H2,1-5H3,(H,29,32)(H,30,35)/b19-8-,24-23-. The molecule has 2 aromatic rings. The highest BCUT2D eigenvalue weighted by Gasteiger charge is 2.40. The summed E-state index contributed by atoms with van der Waals surface area (Å²) < 4.78 is 24.5. The number of carbonyl (C=O) groups is 2. The fraction of sp³-hybridized carbons (Fsp3) is 0.630. The number of methoxy groups -OCH3 is 1. The summed E-state index contributed by atoms with van der Waals surface area (Å²) >= 11 is 0. The quantitative estimate of drug-likeness (QED) is 0.349. The van der Waals surface area contributed by atoms with Crippen LogP contribution in [0.2, 0.25) is 0 Å². The zero-order valence-electron chi connectivity index (χ0n) is 24.0. The summed E-state index contributed by atoms with van der Waals surface area (Å²) in [5.74, 6) is 0.900. The fourth-order valence-corrected chi connectivity index (χ4v) is 5.03. The highest BCUT2D eigenvalue weighted by atomic mass is 16.7. The lowest BCUT2D eigenvalue weighted by Crippen LogP contribution is -2.37. The number of anilines is 1. The van der Waals surface area contributed by atoms with Gasteiger partial charge in [0.2, 0.25) is 0 Å². The molecule has 2 atom stereocenters. The Kier molecular flexibility index (Phi) is 9.23. The van der Waals surface area contributed by atoms with E-state index in [1.165, 1.54) is 0 Å². The minimum absolute atomic E-state index is 0.0402. The zero-order valence-corrected chi connectivity index (χ0v) is 24.0. The highest BCUT2D eigenvalue weighted by molar-refractivity contribution is 5.69. The minimum atomic E-state index is -0.775. The number of hydrogen-bond donors (Lipinski definition) is 3. The van der Waals surface area contributed by atoms with Crippen LogP contribution in [0.1, 0.15) is 76.6 Å². The topological polar surface area (TPSA) is 157 Å². The number of rotatable bonds is 11. The third kappa shape index (κ3) is 7.06. The molecule has 2 aliphatic carbocycles. The van der Waals surface area contributed by atoms with Gasteiger partial charge in [-0.2, -0.15) is 10.2 Å². The monoisotopic (exact) mass is 559 g/mol. The summed E-state index contributed by atoms with van der Waals surface area (Å²) in [6.07, 6.45) is 5.57. The van der Waals surface area contributed by atoms with Crippen LogP contribution in [0.4, 0.5) is 15.4 Å². The number of carbonyl (C=O) groups excluding carboxylic acids is 2. The molecular weight excluding hydrogens is 518 g/mol. The molecule has 0 bridgehead atoms. The van der Waals surface area contributed by atoms with Gasteiger partial charge in [-0.15, -0.1) is 0 Å². The second kappa shape index (κ2) is 12.6. The van der Waals surface area contributed by atoms with Crippen LogP contribution in [-0.4, -0.2) is 57.2 Å². The summed E-state index contributed by atoms with van der Waals surface area (Å²) in [6, 6.07) is 1.88. The molecule has 1 amide bonds. The maximum absolute atomic E-state index is 12.3. The van der Waals surface area contributed by atoms with E-state index in [1.807, 2.05) is 27.0 Å². The molecule has 2 aliphatic rings. The van der Waals surface area contributed by atoms with Crippen LogP contribution < -0.4 is 26.9 Å². The minimum Gasteiger partial charge on any atom is -0.446 e. The lowest BCUT2D eigenvalue weighted by Gasteiger charge is -2.17. The summed E-state index contributed by atoms with van der Waals surface area (Å²) in [6.45, 7) is 6.20. The van der Waals surface area contributed by atoms with Gasteiger partial charge in [0.1, 0.15) is 17.3 Å². The van der Waals surface area contributed by atoms with E-state index in [9.17, 15) is 9.59 Å². The number of ether oxygens (including phenoxy) is 4. The Labute approximate surface area is 233 Å². The van der Waals surface area contributed by atoms with Gasteiger partial charge < -0.3 is 35.3 Å². The van der Waals surface area contributed by atoms with Gasteiger partial charge in [-0.05, 0) is 52.4 Å². The van der Waals surface area contributed by atoms with E-state index in [0.29, 0.717) is 24.7 Å². The Hall–Kier alpha value is -3.74. The number of aromatic nitrogens is 4. The van der Waals surface area contributed by atoms with E-state index in [2.05, 4.69) is 26.9 Å². The lowest BCUT2D eigenvalue weighted by molar-refractivity contribution is 0.0323. The van der Waals surface area contributed by atoms with Crippen molar-refractivity contribution in [3.8, 4) is 0 Å². The van der Waals surface area contributed by atoms with E-state index in [4.69, 9.17) is 24.7 Å². The normalized spacial score (nSPS) is 20.7. The molecule has 2 unspecified atom stereocenters. The molecule has 220 valence electrons. The van der Waals surface area contributed by atoms with Gasteiger partial charge in [0, 0.05) is 42.6 Å². The molecule has 40 heavy (non-hydrogen) atoms. The van der Waals surface area contributed by atoms with E-state index >= 15 is 0 Å². The first-order valence-corrected chi connectivity index (χ1v) is 13.8. The Morgan fingerprint density at radius 1 is 1.23 bits per heavy atom. The zero-order chi connectivity index (χ0) is 28.9. The number of nitrogens with two attached hydrogens (primary N) is 1. The van der Waals surface area contributed by atoms with Gasteiger partial charge in [-0.3, -0.25) is 4.68 Å². The molecule has 2 fully saturated rings. The molecule has 0 saturated heterocycles. The SMILES string of the molecule is CC/C=c1/c(COC)nn(C)/c1=C(/N)Nc1cc(C2CCC(OC(=O)NC3(C)CC3)C2)n(COC(=O)OCC)n1. The van der Waals surface area contributed by atoms with Crippen LogP contribution in [0.15, 0.2) is 6.07 Å². The molecule has 4 rings (SSSR count). The molecule has 4 N–H and O–H groups in total. The van der Waals surface area contributed by atoms with Gasteiger partial charge >= 0.3 is 12.2 Å². The van der Waals surface area contributed by atoms with Crippen LogP contribution in [0.3, 0.4) is 0 Å². The van der Waals surface area contributed by atoms with Crippen molar-refractivity contribution in [2.75, 3.05) is 19.0 Å². The maximum atomic E-state index is 12.3. The summed E-state index contributed by atoms with van der Waals surface area (Å²) in [5.41, 5.74) is 8.03. The fourth-order valence-electron chi connectivity index (χ4n) is 5.03. The number of amides is 1. The van der Waals surface area contributed by atoms with Gasteiger partial charge in [0.05, 0.1) is 18.9 Å². The number of aryl methyl sites for hydroxylation is 1. The second-order valence-electron chi connectivity index (χ2n) is 10.6. The first-order valence-electron chi connectivity index (χ1n) is 13.8. The predicted molar refractivity (Wildman–Crippen MR) is 147 cm³/mol. The van der Waals surface area contributed by atoms with E-state index in [1.54, 1.807) is 23.4 Å². The van der Waals surface area contributed by atoms with Crippen molar-refractivity contribution in [1.82, 2.24) is 24.9 Å². The van der Waals surface area contributed by atoms with Crippen molar-refractivity contribution in [1.29, 1.82) is 0 Å². The Bertz CT molecular complexity index is 1330. The van der Waals surface area contributed by atoms with Crippen molar-refractivity contribution >= 4 is 30.0 Å². The number of nitrogens with zero attached hydrogens (tertiary/aromatic N) is 4. The van der Waals surface area contributed by atoms with Crippen LogP contribution >= 0.6 is 0 Å². The van der Waals surface area contributed by atoms with Crippen LogP contribution in [0, 0.1) is 0 Å². The Balaban J connectivity index is 1.57. The average molecular weight is 560 g/mol. The largest absolute Gasteiger partial charge is 0.510 e. The third-order valence-corrected chi connectivity index (χ3v) is 7.23. The molecule has 2 saturated carbocycles. The Morgan fingerprint density at radius 2 is 2.00 bits per heavy atom. The molecule has 0 aromatic carbocycles. The molecule has 13 heteroatoms. The molecule has 2 aromatic heterocycles. The van der Waals surface area contributed by atoms with Crippen LogP contribution in [0.5, 0.6) is 0 Å². The second-order valence-corrected chi connectivity index (χ2v) is 10.6. The van der Waals surface area contributed by atoms with Crippen LogP contribution in [0.25, 0.3) is 11.9 Å². The molecule has 0 aliphatic heterocycles. The lowest BCUT2D eigenvalue weighted by atomic mass is 10.0.